The van der Waals surface area contributed by atoms with Crippen molar-refractivity contribution in [2.45, 2.75) is 25.1 Å². The van der Waals surface area contributed by atoms with E-state index in [-0.39, 0.29) is 0 Å². The number of hydrogen-bond donors (Lipinski definition) is 1. The Hall–Kier alpha value is -1.53. The molecule has 0 atom stereocenters. The average Bonchev–Trinajstić information content (AvgIpc) is 2.80. The summed E-state index contributed by atoms with van der Waals surface area (Å²) in [6, 6.07) is 6.12. The number of ether oxygens (including phenoxy) is 1. The highest BCUT2D eigenvalue weighted by atomic mass is 32.2. The van der Waals surface area contributed by atoms with Crippen molar-refractivity contribution in [2.24, 2.45) is 0 Å². The van der Waals surface area contributed by atoms with E-state index in [0.717, 1.165) is 21.4 Å². The van der Waals surface area contributed by atoms with E-state index < -0.39 is 5.97 Å². The van der Waals surface area contributed by atoms with Crippen LogP contribution in [0.15, 0.2) is 22.5 Å². The third-order valence-corrected chi connectivity index (χ3v) is 5.13. The first-order valence-electron chi connectivity index (χ1n) is 6.51. The van der Waals surface area contributed by atoms with Gasteiger partial charge in [-0.15, -0.1) is 11.3 Å². The van der Waals surface area contributed by atoms with Gasteiger partial charge in [0, 0.05) is 5.75 Å². The molecule has 21 heavy (non-hydrogen) atoms. The molecule has 1 N–H and O–H groups in total. The number of aryl methyl sites for hydroxylation is 3. The molecule has 0 amide bonds. The number of benzene rings is 1. The van der Waals surface area contributed by atoms with E-state index in [9.17, 15) is 4.79 Å². The molecular formula is C15H17NO3S2. The molecular weight excluding hydrogens is 306 g/mol. The highest BCUT2D eigenvalue weighted by Gasteiger charge is 2.14. The Morgan fingerprint density at radius 3 is 2.81 bits per heavy atom. The molecule has 1 heterocycles. The number of rotatable bonds is 6. The highest BCUT2D eigenvalue weighted by molar-refractivity contribution is 8.01. The Balaban J connectivity index is 1.86. The van der Waals surface area contributed by atoms with E-state index >= 15 is 0 Å². The smallest absolute Gasteiger partial charge is 0.347 e. The average molecular weight is 323 g/mol. The van der Waals surface area contributed by atoms with Gasteiger partial charge in [0.05, 0.1) is 12.3 Å². The van der Waals surface area contributed by atoms with Gasteiger partial charge in [0.1, 0.15) is 10.6 Å². The van der Waals surface area contributed by atoms with Crippen molar-refractivity contribution in [3.63, 3.8) is 0 Å². The Morgan fingerprint density at radius 1 is 1.38 bits per heavy atom. The summed E-state index contributed by atoms with van der Waals surface area (Å²) < 4.78 is 6.54. The first kappa shape index (κ1) is 15.9. The van der Waals surface area contributed by atoms with Crippen LogP contribution in [0.3, 0.4) is 0 Å². The lowest BCUT2D eigenvalue weighted by Crippen LogP contribution is -2.01. The van der Waals surface area contributed by atoms with Crippen LogP contribution in [0.25, 0.3) is 0 Å². The summed E-state index contributed by atoms with van der Waals surface area (Å²) in [6.07, 6.45) is 0. The number of aromatic carboxylic acids is 1. The van der Waals surface area contributed by atoms with Gasteiger partial charge in [0.2, 0.25) is 0 Å². The third kappa shape index (κ3) is 4.22. The van der Waals surface area contributed by atoms with Crippen LogP contribution in [0.1, 0.15) is 26.5 Å². The second kappa shape index (κ2) is 6.95. The zero-order valence-electron chi connectivity index (χ0n) is 12.2. The second-order valence-electron chi connectivity index (χ2n) is 4.67. The van der Waals surface area contributed by atoms with Crippen molar-refractivity contribution < 1.29 is 14.6 Å². The largest absolute Gasteiger partial charge is 0.492 e. The van der Waals surface area contributed by atoms with Crippen LogP contribution >= 0.6 is 23.1 Å². The monoisotopic (exact) mass is 323 g/mol. The summed E-state index contributed by atoms with van der Waals surface area (Å²) in [5.74, 6) is 0.722. The topological polar surface area (TPSA) is 59.4 Å². The Kier molecular flexibility index (Phi) is 5.25. The Bertz CT molecular complexity index is 652. The molecule has 1 aromatic heterocycles. The quantitative estimate of drug-likeness (QED) is 0.644. The predicted octanol–water partition coefficient (Wildman–Crippen LogP) is 3.94. The molecule has 0 fully saturated rings. The van der Waals surface area contributed by atoms with Gasteiger partial charge in [-0.25, -0.2) is 9.78 Å². The predicted molar refractivity (Wildman–Crippen MR) is 85.9 cm³/mol. The molecule has 0 unspecified atom stereocenters. The van der Waals surface area contributed by atoms with Gasteiger partial charge in [0.25, 0.3) is 0 Å². The van der Waals surface area contributed by atoms with Gasteiger partial charge in [-0.1, -0.05) is 23.9 Å². The van der Waals surface area contributed by atoms with Gasteiger partial charge in [-0.05, 0) is 38.0 Å². The molecule has 2 aromatic rings. The summed E-state index contributed by atoms with van der Waals surface area (Å²) in [4.78, 5) is 15.5. The summed E-state index contributed by atoms with van der Waals surface area (Å²) in [7, 11) is 0. The number of thiazole rings is 1. The van der Waals surface area contributed by atoms with E-state index in [0.29, 0.717) is 17.2 Å². The fraction of sp³-hybridized carbons (Fsp3) is 0.333. The fourth-order valence-electron chi connectivity index (χ4n) is 1.78. The zero-order chi connectivity index (χ0) is 15.4. The minimum atomic E-state index is -0.913. The van der Waals surface area contributed by atoms with Crippen LogP contribution in [0.5, 0.6) is 5.75 Å². The van der Waals surface area contributed by atoms with Crippen molar-refractivity contribution in [1.82, 2.24) is 4.98 Å². The molecule has 0 saturated carbocycles. The Labute approximate surface area is 132 Å². The number of nitrogens with zero attached hydrogens (tertiary/aromatic N) is 1. The SMILES string of the molecule is Cc1ccc(C)c(OCCSc2nc(C)c(C(=O)O)s2)c1. The molecule has 1 aromatic carbocycles. The van der Waals surface area contributed by atoms with Gasteiger partial charge in [0.15, 0.2) is 4.34 Å². The maximum absolute atomic E-state index is 11.0. The second-order valence-corrected chi connectivity index (χ2v) is 7.01. The van der Waals surface area contributed by atoms with E-state index in [1.807, 2.05) is 26.0 Å². The maximum Gasteiger partial charge on any atom is 0.347 e. The Morgan fingerprint density at radius 2 is 2.14 bits per heavy atom. The standard InChI is InChI=1S/C15H17NO3S2/c1-9-4-5-10(2)12(8-9)19-6-7-20-15-16-11(3)13(21-15)14(17)18/h4-5,8H,6-7H2,1-3H3,(H,17,18). The summed E-state index contributed by atoms with van der Waals surface area (Å²) in [5.41, 5.74) is 2.86. The lowest BCUT2D eigenvalue weighted by atomic mass is 10.1. The molecule has 6 heteroatoms. The minimum absolute atomic E-state index is 0.313. The third-order valence-electron chi connectivity index (χ3n) is 2.88. The van der Waals surface area contributed by atoms with Gasteiger partial charge < -0.3 is 9.84 Å². The van der Waals surface area contributed by atoms with E-state index in [1.165, 1.54) is 28.7 Å². The normalized spacial score (nSPS) is 10.6. The van der Waals surface area contributed by atoms with E-state index in [4.69, 9.17) is 9.84 Å². The molecule has 0 aliphatic heterocycles. The van der Waals surface area contributed by atoms with Crippen LogP contribution in [0.4, 0.5) is 0 Å². The van der Waals surface area contributed by atoms with Crippen molar-refractivity contribution >= 4 is 29.1 Å². The van der Waals surface area contributed by atoms with Gasteiger partial charge in [-0.3, -0.25) is 0 Å². The summed E-state index contributed by atoms with van der Waals surface area (Å²) in [6.45, 7) is 6.34. The van der Waals surface area contributed by atoms with Crippen LogP contribution < -0.4 is 4.74 Å². The number of carboxylic acid groups (broad SMARTS) is 1. The van der Waals surface area contributed by atoms with Crippen molar-refractivity contribution in [3.8, 4) is 5.75 Å². The number of hydrogen-bond acceptors (Lipinski definition) is 5. The number of carboxylic acids is 1. The highest BCUT2D eigenvalue weighted by Crippen LogP contribution is 2.27. The van der Waals surface area contributed by atoms with E-state index in [1.54, 1.807) is 6.92 Å². The first-order chi connectivity index (χ1) is 9.97. The molecule has 4 nitrogen and oxygen atoms in total. The zero-order valence-corrected chi connectivity index (χ0v) is 13.8. The minimum Gasteiger partial charge on any atom is -0.492 e. The lowest BCUT2D eigenvalue weighted by Gasteiger charge is -2.09. The van der Waals surface area contributed by atoms with Gasteiger partial charge >= 0.3 is 5.97 Å². The molecule has 0 bridgehead atoms. The molecule has 0 aliphatic carbocycles. The van der Waals surface area contributed by atoms with Gasteiger partial charge in [-0.2, -0.15) is 0 Å². The molecule has 2 rings (SSSR count). The summed E-state index contributed by atoms with van der Waals surface area (Å²) >= 11 is 2.74. The van der Waals surface area contributed by atoms with Crippen LogP contribution in [-0.4, -0.2) is 28.4 Å². The summed E-state index contributed by atoms with van der Waals surface area (Å²) in [5, 5.41) is 8.99. The van der Waals surface area contributed by atoms with Crippen LogP contribution in [0, 0.1) is 20.8 Å². The van der Waals surface area contributed by atoms with Crippen molar-refractivity contribution in [2.75, 3.05) is 12.4 Å². The van der Waals surface area contributed by atoms with Crippen molar-refractivity contribution in [1.29, 1.82) is 0 Å². The number of aromatic nitrogens is 1. The number of carbonyl (C=O) groups is 1. The molecule has 112 valence electrons. The lowest BCUT2D eigenvalue weighted by molar-refractivity contribution is 0.0701. The molecule has 0 radical (unpaired) electrons. The number of thioether (sulfide) groups is 1. The van der Waals surface area contributed by atoms with Crippen LogP contribution in [0.2, 0.25) is 0 Å². The first-order valence-corrected chi connectivity index (χ1v) is 8.31. The molecule has 0 saturated heterocycles. The maximum atomic E-state index is 11.0. The van der Waals surface area contributed by atoms with E-state index in [2.05, 4.69) is 11.1 Å². The van der Waals surface area contributed by atoms with Crippen LogP contribution in [-0.2, 0) is 0 Å². The molecule has 0 aliphatic rings. The molecule has 0 spiro atoms. The fourth-order valence-corrected chi connectivity index (χ4v) is 3.69. The van der Waals surface area contributed by atoms with Crippen molar-refractivity contribution in [3.05, 3.63) is 39.9 Å².